The number of hydrogen-bond acceptors (Lipinski definition) is 1. The minimum Gasteiger partial charge on any atom is -0.257 e. The van der Waals surface area contributed by atoms with Crippen molar-refractivity contribution in [2.75, 3.05) is 0 Å². The lowest BCUT2D eigenvalue weighted by Gasteiger charge is -2.07. The second kappa shape index (κ2) is 4.53. The van der Waals surface area contributed by atoms with Crippen LogP contribution in [-0.2, 0) is 5.88 Å². The Morgan fingerprint density at radius 2 is 2.15 bits per heavy atom. The topological polar surface area (TPSA) is 12.9 Å². The average Bonchev–Trinajstić information content (AvgIpc) is 2.04. The Morgan fingerprint density at radius 1 is 1.54 bits per heavy atom. The van der Waals surface area contributed by atoms with Crippen LogP contribution in [0.1, 0.15) is 17.7 Å². The Balaban J connectivity index is 3.30. The molecule has 1 rings (SSSR count). The molecule has 0 amide bonds. The molecule has 0 aromatic carbocycles. The molecule has 0 bridgehead atoms. The van der Waals surface area contributed by atoms with Crippen LogP contribution in [0.25, 0.3) is 0 Å². The predicted molar refractivity (Wildman–Crippen MR) is 51.5 cm³/mol. The minimum absolute atomic E-state index is 0.0197. The molecule has 0 saturated carbocycles. The summed E-state index contributed by atoms with van der Waals surface area (Å²) in [6.45, 7) is 0. The van der Waals surface area contributed by atoms with E-state index in [0.717, 1.165) is 0 Å². The molecule has 1 aromatic heterocycles. The number of alkyl halides is 3. The fourth-order valence-electron chi connectivity index (χ4n) is 0.814. The van der Waals surface area contributed by atoms with E-state index in [1.807, 2.05) is 0 Å². The van der Waals surface area contributed by atoms with Gasteiger partial charge in [-0.3, -0.25) is 4.98 Å². The van der Waals surface area contributed by atoms with Crippen molar-refractivity contribution >= 4 is 39.1 Å². The van der Waals surface area contributed by atoms with E-state index in [4.69, 9.17) is 23.2 Å². The Bertz CT molecular complexity index is 320. The zero-order valence-corrected chi connectivity index (χ0v) is 9.30. The van der Waals surface area contributed by atoms with Gasteiger partial charge in [-0.1, -0.05) is 11.6 Å². The van der Waals surface area contributed by atoms with Crippen molar-refractivity contribution in [3.8, 4) is 0 Å². The highest BCUT2D eigenvalue weighted by molar-refractivity contribution is 9.10. The predicted octanol–water partition coefficient (Wildman–Crippen LogP) is 4.17. The van der Waals surface area contributed by atoms with Gasteiger partial charge in [0.15, 0.2) is 0 Å². The lowest BCUT2D eigenvalue weighted by atomic mass is 10.2. The maximum absolute atomic E-state index is 12.4. The Hall–Kier alpha value is 0.0700. The molecule has 1 heterocycles. The summed E-state index contributed by atoms with van der Waals surface area (Å²) in [6, 6.07) is 0. The van der Waals surface area contributed by atoms with Gasteiger partial charge in [-0.2, -0.15) is 0 Å². The van der Waals surface area contributed by atoms with Crippen LogP contribution in [0.4, 0.5) is 8.78 Å². The molecule has 0 aliphatic rings. The van der Waals surface area contributed by atoms with Crippen molar-refractivity contribution in [3.05, 3.63) is 26.9 Å². The molecule has 0 atom stereocenters. The van der Waals surface area contributed by atoms with Crippen molar-refractivity contribution in [1.82, 2.24) is 4.98 Å². The van der Waals surface area contributed by atoms with Gasteiger partial charge in [0.2, 0.25) is 0 Å². The van der Waals surface area contributed by atoms with Crippen molar-refractivity contribution in [2.45, 2.75) is 12.3 Å². The van der Waals surface area contributed by atoms with Crippen LogP contribution in [0.3, 0.4) is 0 Å². The number of nitrogens with zero attached hydrogens (tertiary/aromatic N) is 1. The Labute approximate surface area is 92.2 Å². The van der Waals surface area contributed by atoms with Crippen LogP contribution in [0.15, 0.2) is 10.7 Å². The molecule has 0 radical (unpaired) electrons. The highest BCUT2D eigenvalue weighted by Crippen LogP contribution is 2.35. The molecule has 6 heteroatoms. The van der Waals surface area contributed by atoms with Gasteiger partial charge < -0.3 is 0 Å². The summed E-state index contributed by atoms with van der Waals surface area (Å²) in [7, 11) is 0. The largest absolute Gasteiger partial charge is 0.266 e. The second-order valence-corrected chi connectivity index (χ2v) is 3.71. The van der Waals surface area contributed by atoms with Gasteiger partial charge in [-0.05, 0) is 15.9 Å². The van der Waals surface area contributed by atoms with Crippen molar-refractivity contribution in [3.63, 3.8) is 0 Å². The lowest BCUT2D eigenvalue weighted by molar-refractivity contribution is 0.150. The van der Waals surface area contributed by atoms with E-state index in [2.05, 4.69) is 20.9 Å². The molecule has 0 saturated heterocycles. The maximum atomic E-state index is 12.4. The highest BCUT2D eigenvalue weighted by atomic mass is 79.9. The van der Waals surface area contributed by atoms with Crippen molar-refractivity contribution < 1.29 is 8.78 Å². The second-order valence-electron chi connectivity index (χ2n) is 2.21. The van der Waals surface area contributed by atoms with E-state index >= 15 is 0 Å². The molecule has 0 N–H and O–H groups in total. The molecule has 0 aliphatic heterocycles. The first kappa shape index (κ1) is 11.1. The summed E-state index contributed by atoms with van der Waals surface area (Å²) in [5.74, 6) is 0.0197. The molecule has 0 aliphatic carbocycles. The molecule has 0 unspecified atom stereocenters. The van der Waals surface area contributed by atoms with Gasteiger partial charge in [0, 0.05) is 10.7 Å². The lowest BCUT2D eigenvalue weighted by Crippen LogP contribution is -1.95. The van der Waals surface area contributed by atoms with Gasteiger partial charge in [-0.15, -0.1) is 11.6 Å². The standard InChI is InChI=1S/C7H4BrCl2F2N/c8-3-2-13-4(1-9)6(10)5(3)7(11)12/h2,7H,1H2. The number of aromatic nitrogens is 1. The van der Waals surface area contributed by atoms with E-state index in [-0.39, 0.29) is 26.6 Å². The van der Waals surface area contributed by atoms with Gasteiger partial charge in [-0.25, -0.2) is 8.78 Å². The first-order valence-corrected chi connectivity index (χ1v) is 4.95. The van der Waals surface area contributed by atoms with E-state index in [0.29, 0.717) is 0 Å². The third kappa shape index (κ3) is 2.30. The molecular weight excluding hydrogens is 287 g/mol. The number of rotatable bonds is 2. The summed E-state index contributed by atoms with van der Waals surface area (Å²) in [5, 5.41) is -0.0700. The summed E-state index contributed by atoms with van der Waals surface area (Å²) < 4.78 is 25.0. The van der Waals surface area contributed by atoms with Crippen LogP contribution in [-0.4, -0.2) is 4.98 Å². The van der Waals surface area contributed by atoms with E-state index < -0.39 is 6.43 Å². The molecule has 0 fully saturated rings. The van der Waals surface area contributed by atoms with Crippen LogP contribution < -0.4 is 0 Å². The molecule has 72 valence electrons. The van der Waals surface area contributed by atoms with Crippen LogP contribution in [0, 0.1) is 0 Å². The zero-order chi connectivity index (χ0) is 10.0. The average molecular weight is 291 g/mol. The minimum atomic E-state index is -2.63. The first-order valence-electron chi connectivity index (χ1n) is 3.24. The van der Waals surface area contributed by atoms with E-state index in [9.17, 15) is 8.78 Å². The Morgan fingerprint density at radius 3 is 2.62 bits per heavy atom. The summed E-state index contributed by atoms with van der Waals surface area (Å²) >= 11 is 14.0. The third-order valence-corrected chi connectivity index (χ3v) is 2.73. The summed E-state index contributed by atoms with van der Waals surface area (Å²) in [5.41, 5.74) is 0.00847. The number of pyridine rings is 1. The van der Waals surface area contributed by atoms with Crippen LogP contribution >= 0.6 is 39.1 Å². The fraction of sp³-hybridized carbons (Fsp3) is 0.286. The highest BCUT2D eigenvalue weighted by Gasteiger charge is 2.19. The van der Waals surface area contributed by atoms with E-state index in [1.165, 1.54) is 6.20 Å². The van der Waals surface area contributed by atoms with Gasteiger partial charge in [0.1, 0.15) is 0 Å². The fourth-order valence-corrected chi connectivity index (χ4v) is 1.97. The van der Waals surface area contributed by atoms with Gasteiger partial charge >= 0.3 is 0 Å². The summed E-state index contributed by atoms with van der Waals surface area (Å²) in [6.07, 6.45) is -1.36. The van der Waals surface area contributed by atoms with Crippen molar-refractivity contribution in [1.29, 1.82) is 0 Å². The van der Waals surface area contributed by atoms with Crippen LogP contribution in [0.5, 0.6) is 0 Å². The molecule has 1 aromatic rings. The SMILES string of the molecule is FC(F)c1c(Br)cnc(CCl)c1Cl. The quantitative estimate of drug-likeness (QED) is 0.745. The number of halogens is 5. The normalized spacial score (nSPS) is 10.9. The zero-order valence-electron chi connectivity index (χ0n) is 6.20. The molecule has 1 nitrogen and oxygen atoms in total. The van der Waals surface area contributed by atoms with Crippen molar-refractivity contribution in [2.24, 2.45) is 0 Å². The first-order chi connectivity index (χ1) is 6.07. The molecular formula is C7H4BrCl2F2N. The van der Waals surface area contributed by atoms with Crippen LogP contribution in [0.2, 0.25) is 5.02 Å². The molecule has 0 spiro atoms. The molecule has 13 heavy (non-hydrogen) atoms. The Kier molecular flexibility index (Phi) is 3.88. The maximum Gasteiger partial charge on any atom is 0.266 e. The smallest absolute Gasteiger partial charge is 0.257 e. The van der Waals surface area contributed by atoms with Gasteiger partial charge in [0.25, 0.3) is 6.43 Å². The van der Waals surface area contributed by atoms with Gasteiger partial charge in [0.05, 0.1) is 22.2 Å². The monoisotopic (exact) mass is 289 g/mol. The summed E-state index contributed by atoms with van der Waals surface area (Å²) in [4.78, 5) is 3.80. The van der Waals surface area contributed by atoms with E-state index in [1.54, 1.807) is 0 Å². The number of hydrogen-bond donors (Lipinski definition) is 0. The third-order valence-electron chi connectivity index (χ3n) is 1.43.